The third-order valence-electron chi connectivity index (χ3n) is 4.04. The van der Waals surface area contributed by atoms with Gasteiger partial charge >= 0.3 is 0 Å². The largest absolute Gasteiger partial charge is 0.489 e. The molecule has 3 aromatic rings. The predicted octanol–water partition coefficient (Wildman–Crippen LogP) is 5.99. The monoisotopic (exact) mass is 502 g/mol. The molecule has 0 radical (unpaired) electrons. The summed E-state index contributed by atoms with van der Waals surface area (Å²) in [7, 11) is 0. The molecule has 142 valence electrons. The lowest BCUT2D eigenvalue weighted by Crippen LogP contribution is -2.01. The number of halogens is 2. The third kappa shape index (κ3) is 5.30. The number of ether oxygens (including phenoxy) is 2. The molecule has 0 aliphatic rings. The molecule has 0 aromatic heterocycles. The highest BCUT2D eigenvalue weighted by atomic mass is 79.9. The summed E-state index contributed by atoms with van der Waals surface area (Å²) in [6.07, 6.45) is 1.60. The molecule has 0 heterocycles. The van der Waals surface area contributed by atoms with Crippen molar-refractivity contribution in [3.05, 3.63) is 91.9 Å². The van der Waals surface area contributed by atoms with Crippen LogP contribution in [0.4, 0.5) is 0 Å². The van der Waals surface area contributed by atoms with Crippen LogP contribution >= 0.6 is 31.9 Å². The normalized spacial score (nSPS) is 10.4. The van der Waals surface area contributed by atoms with Crippen molar-refractivity contribution >= 4 is 44.4 Å². The van der Waals surface area contributed by atoms with Gasteiger partial charge in [0.05, 0.1) is 0 Å². The molecule has 3 aromatic carbocycles. The molecule has 4 nitrogen and oxygen atoms in total. The third-order valence-corrected chi connectivity index (χ3v) is 5.51. The lowest BCUT2D eigenvalue weighted by atomic mass is 10.1. The summed E-state index contributed by atoms with van der Waals surface area (Å²) in [5, 5.41) is 0. The van der Waals surface area contributed by atoms with Crippen molar-refractivity contribution in [3.8, 4) is 11.5 Å². The Morgan fingerprint density at radius 2 is 1.00 bits per heavy atom. The number of aldehydes is 2. The fourth-order valence-electron chi connectivity index (χ4n) is 2.46. The Morgan fingerprint density at radius 1 is 0.643 bits per heavy atom. The van der Waals surface area contributed by atoms with Crippen LogP contribution in [0.25, 0.3) is 0 Å². The lowest BCUT2D eigenvalue weighted by Gasteiger charge is -2.13. The minimum Gasteiger partial charge on any atom is -0.489 e. The van der Waals surface area contributed by atoms with E-state index in [-0.39, 0.29) is 0 Å². The van der Waals surface area contributed by atoms with Crippen LogP contribution in [0.5, 0.6) is 11.5 Å². The van der Waals surface area contributed by atoms with E-state index in [1.165, 1.54) is 0 Å². The van der Waals surface area contributed by atoms with Crippen LogP contribution in [-0.2, 0) is 13.2 Å². The molecule has 0 amide bonds. The second-order valence-electron chi connectivity index (χ2n) is 5.99. The number of rotatable bonds is 8. The Labute approximate surface area is 179 Å². The van der Waals surface area contributed by atoms with Gasteiger partial charge in [0.1, 0.15) is 37.3 Å². The molecular formula is C22H16Br2O4. The first-order chi connectivity index (χ1) is 13.6. The number of hydrogen-bond acceptors (Lipinski definition) is 4. The molecule has 0 fully saturated rings. The summed E-state index contributed by atoms with van der Waals surface area (Å²) in [6.45, 7) is 0.766. The topological polar surface area (TPSA) is 52.6 Å². The van der Waals surface area contributed by atoms with Crippen molar-refractivity contribution in [2.24, 2.45) is 0 Å². The summed E-state index contributed by atoms with van der Waals surface area (Å²) in [6, 6.07) is 17.9. The zero-order valence-electron chi connectivity index (χ0n) is 14.7. The Morgan fingerprint density at radius 3 is 1.32 bits per heavy atom. The van der Waals surface area contributed by atoms with E-state index < -0.39 is 0 Å². The predicted molar refractivity (Wildman–Crippen MR) is 114 cm³/mol. The van der Waals surface area contributed by atoms with Gasteiger partial charge in [-0.05, 0) is 60.7 Å². The Bertz CT molecular complexity index is 886. The smallest absolute Gasteiger partial charge is 0.150 e. The quantitative estimate of drug-likeness (QED) is 0.354. The van der Waals surface area contributed by atoms with E-state index in [2.05, 4.69) is 31.9 Å². The van der Waals surface area contributed by atoms with Gasteiger partial charge in [-0.15, -0.1) is 0 Å². The van der Waals surface area contributed by atoms with Crippen molar-refractivity contribution in [3.63, 3.8) is 0 Å². The average Bonchev–Trinajstić information content (AvgIpc) is 2.73. The van der Waals surface area contributed by atoms with Crippen molar-refractivity contribution in [1.82, 2.24) is 0 Å². The number of benzene rings is 3. The maximum absolute atomic E-state index is 10.7. The van der Waals surface area contributed by atoms with Gasteiger partial charge in [-0.2, -0.15) is 0 Å². The maximum atomic E-state index is 10.7. The molecule has 0 N–H and O–H groups in total. The first-order valence-electron chi connectivity index (χ1n) is 8.42. The Kier molecular flexibility index (Phi) is 7.01. The molecule has 28 heavy (non-hydrogen) atoms. The summed E-state index contributed by atoms with van der Waals surface area (Å²) >= 11 is 7.16. The second kappa shape index (κ2) is 9.66. The number of hydrogen-bond donors (Lipinski definition) is 0. The SMILES string of the molecule is O=Cc1ccc(OCc2cc(Br)c(COc3ccc(C=O)cc3)cc2Br)cc1. The summed E-state index contributed by atoms with van der Waals surface area (Å²) < 4.78 is 13.4. The van der Waals surface area contributed by atoms with Gasteiger partial charge < -0.3 is 9.47 Å². The van der Waals surface area contributed by atoms with E-state index in [9.17, 15) is 9.59 Å². The molecule has 0 spiro atoms. The minimum atomic E-state index is 0.383. The number of carbonyl (C=O) groups excluding carboxylic acids is 2. The van der Waals surface area contributed by atoms with Gasteiger partial charge in [0.2, 0.25) is 0 Å². The molecule has 0 saturated carbocycles. The van der Waals surface area contributed by atoms with Gasteiger partial charge in [-0.1, -0.05) is 31.9 Å². The van der Waals surface area contributed by atoms with E-state index in [1.807, 2.05) is 12.1 Å². The van der Waals surface area contributed by atoms with Crippen LogP contribution < -0.4 is 9.47 Å². The van der Waals surface area contributed by atoms with Crippen molar-refractivity contribution in [1.29, 1.82) is 0 Å². The second-order valence-corrected chi connectivity index (χ2v) is 7.69. The van der Waals surface area contributed by atoms with Crippen LogP contribution in [0.2, 0.25) is 0 Å². The summed E-state index contributed by atoms with van der Waals surface area (Å²) in [5.41, 5.74) is 3.18. The van der Waals surface area contributed by atoms with E-state index in [0.29, 0.717) is 35.8 Å². The van der Waals surface area contributed by atoms with Crippen LogP contribution in [-0.4, -0.2) is 12.6 Å². The van der Waals surface area contributed by atoms with Crippen LogP contribution in [0.15, 0.2) is 69.6 Å². The molecule has 0 atom stereocenters. The highest BCUT2D eigenvalue weighted by molar-refractivity contribution is 9.11. The molecule has 0 aliphatic carbocycles. The Hall–Kier alpha value is -2.44. The first-order valence-corrected chi connectivity index (χ1v) is 10.0. The fourth-order valence-corrected chi connectivity index (χ4v) is 3.47. The standard InChI is InChI=1S/C22H16Br2O4/c23-21-10-18(14-28-20-7-3-16(12-26)4-8-20)22(24)9-17(21)13-27-19-5-1-15(11-25)2-6-19/h1-12H,13-14H2. The molecule has 3 rings (SSSR count). The van der Waals surface area contributed by atoms with Crippen LogP contribution in [0.1, 0.15) is 31.8 Å². The molecule has 0 unspecified atom stereocenters. The maximum Gasteiger partial charge on any atom is 0.150 e. The lowest BCUT2D eigenvalue weighted by molar-refractivity contribution is 0.111. The van der Waals surface area contributed by atoms with Crippen molar-refractivity contribution in [2.75, 3.05) is 0 Å². The summed E-state index contributed by atoms with van der Waals surface area (Å²) in [4.78, 5) is 21.4. The molecule has 0 saturated heterocycles. The van der Waals surface area contributed by atoms with Gasteiger partial charge in [0.25, 0.3) is 0 Å². The molecular weight excluding hydrogens is 488 g/mol. The fraction of sp³-hybridized carbons (Fsp3) is 0.0909. The molecule has 6 heteroatoms. The van der Waals surface area contributed by atoms with Gasteiger partial charge in [-0.25, -0.2) is 0 Å². The molecule has 0 bridgehead atoms. The highest BCUT2D eigenvalue weighted by Crippen LogP contribution is 2.28. The first kappa shape index (κ1) is 20.3. The minimum absolute atomic E-state index is 0.383. The number of carbonyl (C=O) groups is 2. The van der Waals surface area contributed by atoms with E-state index in [4.69, 9.17) is 9.47 Å². The highest BCUT2D eigenvalue weighted by Gasteiger charge is 2.09. The van der Waals surface area contributed by atoms with Crippen LogP contribution in [0, 0.1) is 0 Å². The van der Waals surface area contributed by atoms with Gasteiger partial charge in [-0.3, -0.25) is 9.59 Å². The average molecular weight is 504 g/mol. The van der Waals surface area contributed by atoms with E-state index in [1.54, 1.807) is 48.5 Å². The van der Waals surface area contributed by atoms with E-state index >= 15 is 0 Å². The van der Waals surface area contributed by atoms with Gasteiger partial charge in [0.15, 0.2) is 0 Å². The van der Waals surface area contributed by atoms with Crippen LogP contribution in [0.3, 0.4) is 0 Å². The Balaban J connectivity index is 1.63. The van der Waals surface area contributed by atoms with Crippen molar-refractivity contribution < 1.29 is 19.1 Å². The van der Waals surface area contributed by atoms with E-state index in [0.717, 1.165) is 32.6 Å². The zero-order valence-corrected chi connectivity index (χ0v) is 17.9. The van der Waals surface area contributed by atoms with Gasteiger partial charge in [0, 0.05) is 31.2 Å². The zero-order chi connectivity index (χ0) is 19.9. The van der Waals surface area contributed by atoms with Crippen molar-refractivity contribution in [2.45, 2.75) is 13.2 Å². The summed E-state index contributed by atoms with van der Waals surface area (Å²) in [5.74, 6) is 1.39. The molecule has 0 aliphatic heterocycles.